The summed E-state index contributed by atoms with van der Waals surface area (Å²) >= 11 is 0. The second kappa shape index (κ2) is 11.1. The van der Waals surface area contributed by atoms with E-state index in [1.807, 2.05) is 32.9 Å². The van der Waals surface area contributed by atoms with Crippen LogP contribution in [-0.2, 0) is 16.0 Å². The van der Waals surface area contributed by atoms with Crippen LogP contribution in [0.25, 0.3) is 0 Å². The van der Waals surface area contributed by atoms with Gasteiger partial charge < -0.3 is 18.9 Å². The van der Waals surface area contributed by atoms with Crippen LogP contribution in [0.5, 0.6) is 0 Å². The third-order valence-electron chi connectivity index (χ3n) is 5.86. The molecule has 1 heterocycles. The Kier molecular flexibility index (Phi) is 8.78. The number of nitrogens with zero attached hydrogens (tertiary/aromatic N) is 2. The lowest BCUT2D eigenvalue weighted by Crippen LogP contribution is -2.44. The van der Waals surface area contributed by atoms with Crippen molar-refractivity contribution < 1.29 is 23.9 Å². The van der Waals surface area contributed by atoms with Crippen LogP contribution in [-0.4, -0.2) is 60.5 Å². The molecular weight excluding hydrogens is 408 g/mol. The molecule has 0 bridgehead atoms. The molecule has 0 aliphatic carbocycles. The standard InChI is InChI=1S/C25H34N2O5/c1-8-26-18(4)21(17(3)22(26)25(30)32-7)23(28)19(5)27(14-9-15-31-6)24(29)20-12-10-16(2)11-13-20/h10-13,19H,8-9,14-15H2,1-7H3. The summed E-state index contributed by atoms with van der Waals surface area (Å²) in [6, 6.07) is 6.60. The van der Waals surface area contributed by atoms with Crippen LogP contribution in [0.4, 0.5) is 0 Å². The second-order valence-electron chi connectivity index (χ2n) is 7.92. The number of esters is 1. The first-order valence-corrected chi connectivity index (χ1v) is 10.9. The number of hydrogen-bond acceptors (Lipinski definition) is 5. The molecule has 1 atom stereocenters. The summed E-state index contributed by atoms with van der Waals surface area (Å²) in [6.45, 7) is 10.6. The Hall–Kier alpha value is -2.93. The van der Waals surface area contributed by atoms with E-state index < -0.39 is 12.0 Å². The molecule has 0 radical (unpaired) electrons. The number of ketones is 1. The Bertz CT molecular complexity index is 975. The van der Waals surface area contributed by atoms with Gasteiger partial charge in [-0.2, -0.15) is 0 Å². The van der Waals surface area contributed by atoms with Crippen molar-refractivity contribution in [3.63, 3.8) is 0 Å². The predicted octanol–water partition coefficient (Wildman–Crippen LogP) is 3.97. The molecule has 32 heavy (non-hydrogen) atoms. The van der Waals surface area contributed by atoms with Gasteiger partial charge in [-0.15, -0.1) is 0 Å². The molecule has 1 unspecified atom stereocenters. The Morgan fingerprint density at radius 1 is 1.06 bits per heavy atom. The van der Waals surface area contributed by atoms with E-state index in [4.69, 9.17) is 9.47 Å². The number of carbonyl (C=O) groups excluding carboxylic acids is 3. The van der Waals surface area contributed by atoms with Gasteiger partial charge in [0, 0.05) is 43.6 Å². The lowest BCUT2D eigenvalue weighted by Gasteiger charge is -2.29. The minimum atomic E-state index is -0.712. The first-order chi connectivity index (χ1) is 15.2. The zero-order valence-electron chi connectivity index (χ0n) is 20.2. The molecule has 0 aliphatic rings. The van der Waals surface area contributed by atoms with Crippen molar-refractivity contribution >= 4 is 17.7 Å². The van der Waals surface area contributed by atoms with Gasteiger partial charge in [0.2, 0.25) is 0 Å². The molecular formula is C25H34N2O5. The van der Waals surface area contributed by atoms with Gasteiger partial charge in [-0.05, 0) is 58.7 Å². The number of Topliss-reactive ketones (excluding diaryl/α,β-unsaturated/α-hetero) is 1. The zero-order valence-corrected chi connectivity index (χ0v) is 20.2. The van der Waals surface area contributed by atoms with Crippen molar-refractivity contribution in [2.24, 2.45) is 0 Å². The van der Waals surface area contributed by atoms with Crippen LogP contribution in [0.1, 0.15) is 68.3 Å². The molecule has 7 nitrogen and oxygen atoms in total. The van der Waals surface area contributed by atoms with Gasteiger partial charge in [0.1, 0.15) is 5.69 Å². The van der Waals surface area contributed by atoms with Crippen LogP contribution in [0.3, 0.4) is 0 Å². The Morgan fingerprint density at radius 2 is 1.69 bits per heavy atom. The number of rotatable bonds is 10. The minimum Gasteiger partial charge on any atom is -0.464 e. The average Bonchev–Trinajstić information content (AvgIpc) is 3.04. The van der Waals surface area contributed by atoms with Crippen molar-refractivity contribution in [2.75, 3.05) is 27.4 Å². The normalized spacial score (nSPS) is 11.8. The molecule has 2 rings (SSSR count). The van der Waals surface area contributed by atoms with Crippen LogP contribution in [0, 0.1) is 20.8 Å². The van der Waals surface area contributed by atoms with Crippen molar-refractivity contribution in [3.8, 4) is 0 Å². The van der Waals surface area contributed by atoms with Crippen LogP contribution >= 0.6 is 0 Å². The van der Waals surface area contributed by atoms with Crippen LogP contribution in [0.2, 0.25) is 0 Å². The summed E-state index contributed by atoms with van der Waals surface area (Å²) in [5, 5.41) is 0. The number of hydrogen-bond donors (Lipinski definition) is 0. The SMILES string of the molecule is CCn1c(C)c(C(=O)C(C)N(CCCOC)C(=O)c2ccc(C)cc2)c(C)c1C(=O)OC. The van der Waals surface area contributed by atoms with Gasteiger partial charge in [0.25, 0.3) is 5.91 Å². The molecule has 1 aromatic carbocycles. The molecule has 0 fully saturated rings. The van der Waals surface area contributed by atoms with Gasteiger partial charge in [-0.25, -0.2) is 4.79 Å². The highest BCUT2D eigenvalue weighted by Gasteiger charge is 2.33. The summed E-state index contributed by atoms with van der Waals surface area (Å²) in [7, 11) is 2.93. The number of carbonyl (C=O) groups is 3. The smallest absolute Gasteiger partial charge is 0.354 e. The van der Waals surface area contributed by atoms with Gasteiger partial charge in [-0.1, -0.05) is 17.7 Å². The lowest BCUT2D eigenvalue weighted by atomic mass is 9.99. The Balaban J connectivity index is 2.47. The largest absolute Gasteiger partial charge is 0.464 e. The molecule has 0 saturated carbocycles. The van der Waals surface area contributed by atoms with E-state index >= 15 is 0 Å². The van der Waals surface area contributed by atoms with E-state index in [0.717, 1.165) is 5.56 Å². The van der Waals surface area contributed by atoms with Gasteiger partial charge in [0.15, 0.2) is 5.78 Å². The van der Waals surface area contributed by atoms with E-state index in [2.05, 4.69) is 0 Å². The fourth-order valence-electron chi connectivity index (χ4n) is 4.08. The number of amides is 1. The van der Waals surface area contributed by atoms with Crippen molar-refractivity contribution in [1.29, 1.82) is 0 Å². The van der Waals surface area contributed by atoms with Crippen molar-refractivity contribution in [3.05, 3.63) is 57.9 Å². The second-order valence-corrected chi connectivity index (χ2v) is 7.92. The predicted molar refractivity (Wildman–Crippen MR) is 123 cm³/mol. The molecule has 0 saturated heterocycles. The third kappa shape index (κ3) is 5.10. The number of benzene rings is 1. The van der Waals surface area contributed by atoms with Crippen LogP contribution in [0.15, 0.2) is 24.3 Å². The molecule has 7 heteroatoms. The summed E-state index contributed by atoms with van der Waals surface area (Å²) in [5.41, 5.74) is 3.70. The Labute approximate surface area is 190 Å². The first kappa shape index (κ1) is 25.3. The van der Waals surface area contributed by atoms with E-state index in [0.29, 0.717) is 54.2 Å². The Morgan fingerprint density at radius 3 is 2.22 bits per heavy atom. The van der Waals surface area contributed by atoms with E-state index in [-0.39, 0.29) is 11.7 Å². The highest BCUT2D eigenvalue weighted by atomic mass is 16.5. The summed E-state index contributed by atoms with van der Waals surface area (Å²) in [5.74, 6) is -0.887. The average molecular weight is 443 g/mol. The van der Waals surface area contributed by atoms with Crippen molar-refractivity contribution in [2.45, 2.75) is 53.6 Å². The van der Waals surface area contributed by atoms with Gasteiger partial charge in [-0.3, -0.25) is 9.59 Å². The zero-order chi connectivity index (χ0) is 24.0. The summed E-state index contributed by atoms with van der Waals surface area (Å²) in [4.78, 5) is 40.9. The number of ether oxygens (including phenoxy) is 2. The van der Waals surface area contributed by atoms with Crippen molar-refractivity contribution in [1.82, 2.24) is 9.47 Å². The highest BCUT2D eigenvalue weighted by Crippen LogP contribution is 2.26. The maximum Gasteiger partial charge on any atom is 0.354 e. The molecule has 0 N–H and O–H groups in total. The summed E-state index contributed by atoms with van der Waals surface area (Å²) < 4.78 is 11.9. The van der Waals surface area contributed by atoms with E-state index in [1.165, 1.54) is 7.11 Å². The molecule has 2 aromatic rings. The van der Waals surface area contributed by atoms with Gasteiger partial charge in [0.05, 0.1) is 13.2 Å². The number of aromatic nitrogens is 1. The summed E-state index contributed by atoms with van der Waals surface area (Å²) in [6.07, 6.45) is 0.604. The first-order valence-electron chi connectivity index (χ1n) is 10.9. The molecule has 1 aromatic heterocycles. The van der Waals surface area contributed by atoms with Gasteiger partial charge >= 0.3 is 5.97 Å². The number of aryl methyl sites for hydroxylation is 1. The fraction of sp³-hybridized carbons (Fsp3) is 0.480. The molecule has 0 aliphatic heterocycles. The third-order valence-corrected chi connectivity index (χ3v) is 5.86. The number of methoxy groups -OCH3 is 2. The monoisotopic (exact) mass is 442 g/mol. The lowest BCUT2D eigenvalue weighted by molar-refractivity contribution is 0.0585. The maximum atomic E-state index is 13.7. The van der Waals surface area contributed by atoms with E-state index in [1.54, 1.807) is 42.6 Å². The highest BCUT2D eigenvalue weighted by molar-refractivity contribution is 6.07. The minimum absolute atomic E-state index is 0.199. The molecule has 174 valence electrons. The topological polar surface area (TPSA) is 77.8 Å². The quantitative estimate of drug-likeness (QED) is 0.316. The van der Waals surface area contributed by atoms with Crippen LogP contribution < -0.4 is 0 Å². The van der Waals surface area contributed by atoms with E-state index in [9.17, 15) is 14.4 Å². The molecule has 1 amide bonds. The molecule has 0 spiro atoms. The maximum absolute atomic E-state index is 13.7. The fourth-order valence-corrected chi connectivity index (χ4v) is 4.08.